The molecule has 128 valence electrons. The fourth-order valence-corrected chi connectivity index (χ4v) is 3.19. The molecule has 0 saturated carbocycles. The van der Waals surface area contributed by atoms with Crippen LogP contribution in [0.4, 0.5) is 0 Å². The maximum absolute atomic E-state index is 12.6. The van der Waals surface area contributed by atoms with E-state index < -0.39 is 0 Å². The van der Waals surface area contributed by atoms with Crippen molar-refractivity contribution in [1.29, 1.82) is 0 Å². The Balaban J connectivity index is 1.63. The zero-order valence-corrected chi connectivity index (χ0v) is 14.8. The second-order valence-electron chi connectivity index (χ2n) is 6.29. The van der Waals surface area contributed by atoms with Gasteiger partial charge in [0.15, 0.2) is 5.78 Å². The molecule has 3 rings (SSSR count). The van der Waals surface area contributed by atoms with E-state index in [4.69, 9.17) is 0 Å². The van der Waals surface area contributed by atoms with Crippen molar-refractivity contribution in [3.05, 3.63) is 89.2 Å². The molecule has 0 aliphatic carbocycles. The molecule has 3 heteroatoms. The molecule has 0 radical (unpaired) electrons. The van der Waals surface area contributed by atoms with Gasteiger partial charge in [0.25, 0.3) is 0 Å². The third-order valence-corrected chi connectivity index (χ3v) is 4.46. The minimum Gasteiger partial charge on any atom is -0.318 e. The molecule has 25 heavy (non-hydrogen) atoms. The van der Waals surface area contributed by atoms with Crippen LogP contribution in [0.5, 0.6) is 0 Å². The lowest BCUT2D eigenvalue weighted by Gasteiger charge is -2.09. The first-order valence-electron chi connectivity index (χ1n) is 8.69. The summed E-state index contributed by atoms with van der Waals surface area (Å²) < 4.78 is 2.14. The third kappa shape index (κ3) is 4.06. The van der Waals surface area contributed by atoms with Crippen molar-refractivity contribution in [2.75, 3.05) is 13.1 Å². The Morgan fingerprint density at radius 1 is 0.960 bits per heavy atom. The Labute approximate surface area is 149 Å². The largest absolute Gasteiger partial charge is 0.318 e. The molecular formula is C22H24N2O. The van der Waals surface area contributed by atoms with Crippen LogP contribution in [0, 0.1) is 13.8 Å². The number of aromatic nitrogens is 1. The van der Waals surface area contributed by atoms with Crippen LogP contribution in [-0.2, 0) is 6.42 Å². The number of nitrogens with one attached hydrogen (secondary N) is 1. The Morgan fingerprint density at radius 3 is 2.28 bits per heavy atom. The van der Waals surface area contributed by atoms with E-state index >= 15 is 0 Å². The molecule has 0 saturated heterocycles. The van der Waals surface area contributed by atoms with Crippen molar-refractivity contribution >= 4 is 5.78 Å². The molecule has 0 aliphatic heterocycles. The summed E-state index contributed by atoms with van der Waals surface area (Å²) in [4.78, 5) is 12.6. The topological polar surface area (TPSA) is 34.0 Å². The molecule has 1 aromatic heterocycles. The highest BCUT2D eigenvalue weighted by Gasteiger charge is 2.16. The second kappa shape index (κ2) is 7.95. The number of nitrogens with zero attached hydrogens (tertiary/aromatic N) is 1. The van der Waals surface area contributed by atoms with Crippen LogP contribution in [0.3, 0.4) is 0 Å². The van der Waals surface area contributed by atoms with Gasteiger partial charge in [-0.05, 0) is 50.6 Å². The molecule has 3 nitrogen and oxygen atoms in total. The lowest BCUT2D eigenvalue weighted by Crippen LogP contribution is -2.25. The van der Waals surface area contributed by atoms with Crippen LogP contribution in [0.1, 0.15) is 27.3 Å². The summed E-state index contributed by atoms with van der Waals surface area (Å²) in [5.41, 5.74) is 5.25. The van der Waals surface area contributed by atoms with Crippen molar-refractivity contribution < 1.29 is 4.79 Å². The summed E-state index contributed by atoms with van der Waals surface area (Å²) in [6, 6.07) is 22.5. The van der Waals surface area contributed by atoms with Crippen LogP contribution >= 0.6 is 0 Å². The molecule has 0 amide bonds. The monoisotopic (exact) mass is 332 g/mol. The maximum Gasteiger partial charge on any atom is 0.178 e. The summed E-state index contributed by atoms with van der Waals surface area (Å²) in [5.74, 6) is 0.142. The zero-order valence-electron chi connectivity index (χ0n) is 14.8. The van der Waals surface area contributed by atoms with Crippen molar-refractivity contribution in [2.45, 2.75) is 20.3 Å². The molecule has 0 aliphatic rings. The highest BCUT2D eigenvalue weighted by atomic mass is 16.1. The van der Waals surface area contributed by atoms with E-state index in [0.29, 0.717) is 6.54 Å². The standard InChI is InChI=1S/C22H24N2O/c1-17-15-21(18(2)24(17)20-11-7-4-8-12-20)22(25)16-23-14-13-19-9-5-3-6-10-19/h3-12,15,23H,13-14,16H2,1-2H3. The first-order valence-corrected chi connectivity index (χ1v) is 8.69. The van der Waals surface area contributed by atoms with Crippen molar-refractivity contribution in [2.24, 2.45) is 0 Å². The Hall–Kier alpha value is -2.65. The van der Waals surface area contributed by atoms with E-state index in [-0.39, 0.29) is 5.78 Å². The second-order valence-corrected chi connectivity index (χ2v) is 6.29. The Kier molecular flexibility index (Phi) is 5.46. The molecule has 0 atom stereocenters. The predicted molar refractivity (Wildman–Crippen MR) is 103 cm³/mol. The number of carbonyl (C=O) groups excluding carboxylic acids is 1. The molecule has 2 aromatic carbocycles. The number of ketones is 1. The molecule has 0 bridgehead atoms. The van der Waals surface area contributed by atoms with Gasteiger partial charge in [-0.2, -0.15) is 0 Å². The number of hydrogen-bond acceptors (Lipinski definition) is 2. The first kappa shape index (κ1) is 17.2. The minimum absolute atomic E-state index is 0.142. The smallest absolute Gasteiger partial charge is 0.178 e. The fraction of sp³-hybridized carbons (Fsp3) is 0.227. The van der Waals surface area contributed by atoms with Crippen LogP contribution < -0.4 is 5.32 Å². The van der Waals surface area contributed by atoms with E-state index in [0.717, 1.165) is 35.6 Å². The van der Waals surface area contributed by atoms with Gasteiger partial charge in [-0.15, -0.1) is 0 Å². The van der Waals surface area contributed by atoms with Gasteiger partial charge in [-0.3, -0.25) is 4.79 Å². The van der Waals surface area contributed by atoms with Gasteiger partial charge in [0.1, 0.15) is 0 Å². The van der Waals surface area contributed by atoms with Crippen LogP contribution in [-0.4, -0.2) is 23.4 Å². The Morgan fingerprint density at radius 2 is 1.60 bits per heavy atom. The van der Waals surface area contributed by atoms with Crippen LogP contribution in [0.2, 0.25) is 0 Å². The summed E-state index contributed by atoms with van der Waals surface area (Å²) >= 11 is 0. The highest BCUT2D eigenvalue weighted by molar-refractivity contribution is 5.99. The normalized spacial score (nSPS) is 10.8. The lowest BCUT2D eigenvalue weighted by atomic mass is 10.1. The molecule has 3 aromatic rings. The van der Waals surface area contributed by atoms with Gasteiger partial charge < -0.3 is 9.88 Å². The van der Waals surface area contributed by atoms with Gasteiger partial charge in [0, 0.05) is 22.6 Å². The molecular weight excluding hydrogens is 308 g/mol. The number of carbonyl (C=O) groups is 1. The third-order valence-electron chi connectivity index (χ3n) is 4.46. The van der Waals surface area contributed by atoms with E-state index in [1.54, 1.807) is 0 Å². The summed E-state index contributed by atoms with van der Waals surface area (Å²) in [6.07, 6.45) is 0.928. The van der Waals surface area contributed by atoms with Gasteiger partial charge in [-0.1, -0.05) is 48.5 Å². The van der Waals surface area contributed by atoms with Crippen LogP contribution in [0.25, 0.3) is 5.69 Å². The van der Waals surface area contributed by atoms with Gasteiger partial charge in [-0.25, -0.2) is 0 Å². The zero-order chi connectivity index (χ0) is 17.6. The summed E-state index contributed by atoms with van der Waals surface area (Å²) in [6.45, 7) is 5.22. The van der Waals surface area contributed by atoms with Gasteiger partial charge in [0.05, 0.1) is 6.54 Å². The minimum atomic E-state index is 0.142. The molecule has 1 heterocycles. The SMILES string of the molecule is Cc1cc(C(=O)CNCCc2ccccc2)c(C)n1-c1ccccc1. The van der Waals surface area contributed by atoms with E-state index in [1.807, 2.05) is 56.3 Å². The Bertz CT molecular complexity index is 835. The van der Waals surface area contributed by atoms with Gasteiger partial charge in [0.2, 0.25) is 0 Å². The summed E-state index contributed by atoms with van der Waals surface area (Å²) in [5, 5.41) is 3.27. The average molecular weight is 332 g/mol. The molecule has 0 fully saturated rings. The van der Waals surface area contributed by atoms with Crippen LogP contribution in [0.15, 0.2) is 66.7 Å². The van der Waals surface area contributed by atoms with Crippen molar-refractivity contribution in [3.8, 4) is 5.69 Å². The number of Topliss-reactive ketones (excluding diaryl/α,β-unsaturated/α-hetero) is 1. The number of benzene rings is 2. The number of rotatable bonds is 7. The number of aryl methyl sites for hydroxylation is 1. The fourth-order valence-electron chi connectivity index (χ4n) is 3.19. The van der Waals surface area contributed by atoms with Gasteiger partial charge >= 0.3 is 0 Å². The average Bonchev–Trinajstić information content (AvgIpc) is 2.94. The first-order chi connectivity index (χ1) is 12.2. The number of hydrogen-bond donors (Lipinski definition) is 1. The van der Waals surface area contributed by atoms with E-state index in [9.17, 15) is 4.79 Å². The molecule has 0 unspecified atom stereocenters. The van der Waals surface area contributed by atoms with Crippen molar-refractivity contribution in [3.63, 3.8) is 0 Å². The highest BCUT2D eigenvalue weighted by Crippen LogP contribution is 2.20. The lowest BCUT2D eigenvalue weighted by molar-refractivity contribution is 0.0991. The quantitative estimate of drug-likeness (QED) is 0.522. The van der Waals surface area contributed by atoms with Crippen molar-refractivity contribution in [1.82, 2.24) is 9.88 Å². The van der Waals surface area contributed by atoms with E-state index in [1.165, 1.54) is 5.56 Å². The molecule has 1 N–H and O–H groups in total. The van der Waals surface area contributed by atoms with E-state index in [2.05, 4.69) is 34.1 Å². The summed E-state index contributed by atoms with van der Waals surface area (Å²) in [7, 11) is 0. The predicted octanol–water partition coefficient (Wildman–Crippen LogP) is 4.11. The molecule has 0 spiro atoms. The number of para-hydroxylation sites is 1. The maximum atomic E-state index is 12.6.